The van der Waals surface area contributed by atoms with Crippen LogP contribution in [0.4, 0.5) is 17.1 Å². The van der Waals surface area contributed by atoms with Crippen molar-refractivity contribution in [2.24, 2.45) is 0 Å². The van der Waals surface area contributed by atoms with Gasteiger partial charge in [-0.1, -0.05) is 24.3 Å². The number of para-hydroxylation sites is 1. The minimum absolute atomic E-state index is 0.0743. The molecule has 2 aromatic carbocycles. The Labute approximate surface area is 136 Å². The highest BCUT2D eigenvalue weighted by atomic mass is 16.6. The molecule has 122 valence electrons. The van der Waals surface area contributed by atoms with E-state index in [9.17, 15) is 24.9 Å². The van der Waals surface area contributed by atoms with Gasteiger partial charge in [0.1, 0.15) is 6.04 Å². The number of hydrogen-bond donors (Lipinski definition) is 1. The minimum atomic E-state index is -1.13. The third kappa shape index (κ3) is 2.70. The molecule has 3 rings (SSSR count). The Morgan fingerprint density at radius 3 is 2.50 bits per heavy atom. The molecule has 0 radical (unpaired) electrons. The van der Waals surface area contributed by atoms with Crippen LogP contribution in [0.25, 0.3) is 0 Å². The molecule has 8 heteroatoms. The molecule has 1 atom stereocenters. The van der Waals surface area contributed by atoms with Gasteiger partial charge in [0, 0.05) is 12.1 Å². The maximum Gasteiger partial charge on any atom is 0.271 e. The van der Waals surface area contributed by atoms with Crippen LogP contribution in [0.15, 0.2) is 54.6 Å². The summed E-state index contributed by atoms with van der Waals surface area (Å²) >= 11 is 0. The normalized spacial score (nSPS) is 17.2. The van der Waals surface area contributed by atoms with Crippen molar-refractivity contribution in [1.82, 2.24) is 0 Å². The van der Waals surface area contributed by atoms with Gasteiger partial charge in [0.2, 0.25) is 5.91 Å². The number of nitro benzene ring substituents is 1. The number of carbonyl (C=O) groups is 2. The van der Waals surface area contributed by atoms with E-state index in [2.05, 4.69) is 0 Å². The fraction of sp³-hybridized carbons (Fsp3) is 0.125. The largest absolute Gasteiger partial charge is 0.288 e. The molecule has 0 spiro atoms. The molecular weight excluding hydrogens is 314 g/mol. The smallest absolute Gasteiger partial charge is 0.271 e. The number of imide groups is 1. The molecule has 0 unspecified atom stereocenters. The summed E-state index contributed by atoms with van der Waals surface area (Å²) in [5.41, 5.74) is 0.274. The van der Waals surface area contributed by atoms with E-state index in [1.807, 2.05) is 0 Å². The van der Waals surface area contributed by atoms with E-state index >= 15 is 0 Å². The first-order chi connectivity index (χ1) is 11.5. The molecule has 0 aromatic heterocycles. The maximum absolute atomic E-state index is 12.5. The van der Waals surface area contributed by atoms with Crippen molar-refractivity contribution in [1.29, 1.82) is 0 Å². The maximum atomic E-state index is 12.5. The van der Waals surface area contributed by atoms with Gasteiger partial charge in [-0.2, -0.15) is 0 Å². The summed E-state index contributed by atoms with van der Waals surface area (Å²) in [5.74, 6) is -1.03. The van der Waals surface area contributed by atoms with E-state index in [-0.39, 0.29) is 17.8 Å². The van der Waals surface area contributed by atoms with Crippen LogP contribution in [0.5, 0.6) is 0 Å². The number of non-ortho nitro benzene ring substituents is 1. The third-order valence-corrected chi connectivity index (χ3v) is 3.74. The Balaban J connectivity index is 1.88. The van der Waals surface area contributed by atoms with Crippen molar-refractivity contribution < 1.29 is 19.7 Å². The van der Waals surface area contributed by atoms with Gasteiger partial charge in [0.05, 0.1) is 22.7 Å². The first-order valence-corrected chi connectivity index (χ1v) is 7.13. The number of anilines is 2. The highest BCUT2D eigenvalue weighted by Crippen LogP contribution is 2.29. The van der Waals surface area contributed by atoms with Crippen molar-refractivity contribution in [3.8, 4) is 0 Å². The lowest BCUT2D eigenvalue weighted by Crippen LogP contribution is -2.40. The Hall–Kier alpha value is -3.26. The average molecular weight is 327 g/mol. The Bertz CT molecular complexity index is 808. The second-order valence-corrected chi connectivity index (χ2v) is 5.24. The lowest BCUT2D eigenvalue weighted by molar-refractivity contribution is -0.384. The van der Waals surface area contributed by atoms with Crippen LogP contribution in [0.3, 0.4) is 0 Å². The molecule has 0 aliphatic carbocycles. The second kappa shape index (κ2) is 6.09. The fourth-order valence-electron chi connectivity index (χ4n) is 2.58. The zero-order chi connectivity index (χ0) is 17.3. The van der Waals surface area contributed by atoms with Crippen molar-refractivity contribution in [2.45, 2.75) is 12.5 Å². The number of amides is 2. The summed E-state index contributed by atoms with van der Waals surface area (Å²) in [6.07, 6.45) is -0.215. The van der Waals surface area contributed by atoms with Crippen LogP contribution < -0.4 is 9.96 Å². The molecule has 1 aliphatic heterocycles. The summed E-state index contributed by atoms with van der Waals surface area (Å²) < 4.78 is 0. The first-order valence-electron chi connectivity index (χ1n) is 7.13. The number of rotatable bonds is 4. The Morgan fingerprint density at radius 1 is 1.12 bits per heavy atom. The van der Waals surface area contributed by atoms with Crippen LogP contribution in [-0.2, 0) is 9.59 Å². The van der Waals surface area contributed by atoms with Crippen molar-refractivity contribution in [3.63, 3.8) is 0 Å². The van der Waals surface area contributed by atoms with E-state index < -0.39 is 22.8 Å². The minimum Gasteiger partial charge on any atom is -0.288 e. The molecule has 0 saturated carbocycles. The summed E-state index contributed by atoms with van der Waals surface area (Å²) in [5, 5.41) is 21.7. The Morgan fingerprint density at radius 2 is 1.83 bits per heavy atom. The SMILES string of the molecule is O=C1C[C@@H](N(O)c2cccc([N+](=O)[O-])c2)C(=O)N1c1ccccc1. The number of nitro groups is 1. The van der Waals surface area contributed by atoms with E-state index in [0.717, 1.165) is 11.0 Å². The third-order valence-electron chi connectivity index (χ3n) is 3.74. The molecule has 24 heavy (non-hydrogen) atoms. The van der Waals surface area contributed by atoms with Crippen molar-refractivity contribution >= 4 is 28.9 Å². The number of hydrogen-bond acceptors (Lipinski definition) is 6. The predicted molar refractivity (Wildman–Crippen MR) is 84.7 cm³/mol. The van der Waals surface area contributed by atoms with E-state index in [1.165, 1.54) is 18.2 Å². The highest BCUT2D eigenvalue weighted by molar-refractivity contribution is 6.23. The molecule has 1 N–H and O–H groups in total. The molecule has 2 amide bonds. The van der Waals surface area contributed by atoms with Gasteiger partial charge in [-0.25, -0.2) is 9.96 Å². The number of benzene rings is 2. The van der Waals surface area contributed by atoms with Crippen LogP contribution in [0.1, 0.15) is 6.42 Å². The van der Waals surface area contributed by atoms with Gasteiger partial charge in [0.15, 0.2) is 0 Å². The lowest BCUT2D eigenvalue weighted by atomic mass is 10.2. The standard InChI is InChI=1S/C16H13N3O5/c20-15-10-14(16(21)17(15)11-5-2-1-3-6-11)18(22)12-7-4-8-13(9-12)19(23)24/h1-9,14,22H,10H2/t14-/m1/s1. The summed E-state index contributed by atoms with van der Waals surface area (Å²) in [4.78, 5) is 35.9. The van der Waals surface area contributed by atoms with Crippen LogP contribution in [0.2, 0.25) is 0 Å². The van der Waals surface area contributed by atoms with Gasteiger partial charge in [-0.05, 0) is 18.2 Å². The molecule has 1 saturated heterocycles. The van der Waals surface area contributed by atoms with Crippen molar-refractivity contribution in [3.05, 3.63) is 64.7 Å². The number of hydroxylamine groups is 1. The molecule has 2 aromatic rings. The van der Waals surface area contributed by atoms with Crippen molar-refractivity contribution in [2.75, 3.05) is 9.96 Å². The van der Waals surface area contributed by atoms with E-state index in [0.29, 0.717) is 10.8 Å². The van der Waals surface area contributed by atoms with Gasteiger partial charge < -0.3 is 0 Å². The predicted octanol–water partition coefficient (Wildman–Crippen LogP) is 2.12. The summed E-state index contributed by atoms with van der Waals surface area (Å²) in [6, 6.07) is 12.5. The first kappa shape index (κ1) is 15.6. The molecular formula is C16H13N3O5. The van der Waals surface area contributed by atoms with Gasteiger partial charge >= 0.3 is 0 Å². The second-order valence-electron chi connectivity index (χ2n) is 5.24. The molecule has 1 heterocycles. The molecule has 1 fully saturated rings. The molecule has 8 nitrogen and oxygen atoms in total. The number of carbonyl (C=O) groups excluding carboxylic acids is 2. The zero-order valence-corrected chi connectivity index (χ0v) is 12.4. The van der Waals surface area contributed by atoms with Crippen LogP contribution in [-0.4, -0.2) is 28.0 Å². The Kier molecular flexibility index (Phi) is 3.97. The topological polar surface area (TPSA) is 104 Å². The van der Waals surface area contributed by atoms with Gasteiger partial charge in [-0.3, -0.25) is 24.9 Å². The number of nitrogens with zero attached hydrogens (tertiary/aromatic N) is 3. The van der Waals surface area contributed by atoms with Gasteiger partial charge in [0.25, 0.3) is 11.6 Å². The summed E-state index contributed by atoms with van der Waals surface area (Å²) in [7, 11) is 0. The highest BCUT2D eigenvalue weighted by Gasteiger charge is 2.43. The monoisotopic (exact) mass is 327 g/mol. The molecule has 1 aliphatic rings. The lowest BCUT2D eigenvalue weighted by Gasteiger charge is -2.22. The zero-order valence-electron chi connectivity index (χ0n) is 12.4. The van der Waals surface area contributed by atoms with Crippen LogP contribution in [0, 0.1) is 10.1 Å². The molecule has 0 bridgehead atoms. The van der Waals surface area contributed by atoms with Crippen LogP contribution >= 0.6 is 0 Å². The average Bonchev–Trinajstić information content (AvgIpc) is 2.89. The fourth-order valence-corrected chi connectivity index (χ4v) is 2.58. The quantitative estimate of drug-likeness (QED) is 0.524. The van der Waals surface area contributed by atoms with Gasteiger partial charge in [-0.15, -0.1) is 0 Å². The summed E-state index contributed by atoms with van der Waals surface area (Å²) in [6.45, 7) is 0. The van der Waals surface area contributed by atoms with E-state index in [1.54, 1.807) is 30.3 Å². The van der Waals surface area contributed by atoms with E-state index in [4.69, 9.17) is 0 Å².